The van der Waals surface area contributed by atoms with Crippen LogP contribution in [-0.2, 0) is 11.8 Å². The molecule has 254 valence electrons. The number of hydrogen-bond donors (Lipinski definition) is 0. The van der Waals surface area contributed by atoms with Gasteiger partial charge in [-0.2, -0.15) is 0 Å². The number of thioether (sulfide) groups is 1. The Balaban J connectivity index is 1.25. The summed E-state index contributed by atoms with van der Waals surface area (Å²) in [6.45, 7) is 4.83. The Kier molecular flexibility index (Phi) is 8.32. The molecular formula is C49H42N2S. The van der Waals surface area contributed by atoms with Crippen LogP contribution in [0, 0.1) is 0 Å². The van der Waals surface area contributed by atoms with Crippen LogP contribution in [0.15, 0.2) is 162 Å². The Morgan fingerprint density at radius 3 is 1.98 bits per heavy atom. The molecule has 6 aromatic rings. The van der Waals surface area contributed by atoms with Crippen LogP contribution < -0.4 is 4.90 Å². The van der Waals surface area contributed by atoms with E-state index >= 15 is 0 Å². The molecule has 0 unspecified atom stereocenters. The van der Waals surface area contributed by atoms with E-state index in [1.54, 1.807) is 5.57 Å². The first kappa shape index (κ1) is 32.5. The molecular weight excluding hydrogens is 649 g/mol. The fourth-order valence-corrected chi connectivity index (χ4v) is 9.38. The fraction of sp³-hybridized carbons (Fsp3) is 0.163. The van der Waals surface area contributed by atoms with Crippen molar-refractivity contribution in [2.45, 2.75) is 44.9 Å². The van der Waals surface area contributed by atoms with Crippen molar-refractivity contribution in [3.63, 3.8) is 0 Å². The van der Waals surface area contributed by atoms with Crippen molar-refractivity contribution in [2.24, 2.45) is 0 Å². The second kappa shape index (κ2) is 13.3. The van der Waals surface area contributed by atoms with Gasteiger partial charge in [0.05, 0.1) is 5.69 Å². The number of aryl methyl sites for hydroxylation is 1. The predicted octanol–water partition coefficient (Wildman–Crippen LogP) is 13.3. The van der Waals surface area contributed by atoms with E-state index in [9.17, 15) is 0 Å². The van der Waals surface area contributed by atoms with Crippen LogP contribution in [0.2, 0.25) is 0 Å². The maximum absolute atomic E-state index is 4.54. The molecule has 52 heavy (non-hydrogen) atoms. The van der Waals surface area contributed by atoms with Gasteiger partial charge in [-0.25, -0.2) is 0 Å². The molecule has 0 saturated heterocycles. The molecule has 3 aliphatic carbocycles. The zero-order valence-corrected chi connectivity index (χ0v) is 30.9. The molecule has 9 rings (SSSR count). The lowest BCUT2D eigenvalue weighted by Gasteiger charge is -2.31. The van der Waals surface area contributed by atoms with Crippen LogP contribution in [0.5, 0.6) is 0 Å². The molecule has 0 N–H and O–H groups in total. The third-order valence-electron chi connectivity index (χ3n) is 11.3. The summed E-state index contributed by atoms with van der Waals surface area (Å²) in [5.74, 6) is 0. The first-order chi connectivity index (χ1) is 25.5. The van der Waals surface area contributed by atoms with Gasteiger partial charge in [0.25, 0.3) is 0 Å². The van der Waals surface area contributed by atoms with Crippen molar-refractivity contribution in [3.8, 4) is 22.3 Å². The number of hydrogen-bond acceptors (Lipinski definition) is 3. The minimum Gasteiger partial charge on any atom is -0.310 e. The zero-order valence-electron chi connectivity index (χ0n) is 30.1. The molecule has 0 fully saturated rings. The normalized spacial score (nSPS) is 15.7. The highest BCUT2D eigenvalue weighted by Crippen LogP contribution is 2.54. The quantitative estimate of drug-likeness (QED) is 0.166. The zero-order chi connectivity index (χ0) is 35.2. The van der Waals surface area contributed by atoms with E-state index in [4.69, 9.17) is 0 Å². The number of fused-ring (bicyclic) bond motifs is 3. The summed E-state index contributed by atoms with van der Waals surface area (Å²) in [5, 5.41) is 0. The number of rotatable bonds is 7. The Labute approximate surface area is 312 Å². The molecule has 0 spiro atoms. The van der Waals surface area contributed by atoms with Gasteiger partial charge in [-0.1, -0.05) is 117 Å². The maximum Gasteiger partial charge on any atom is 0.0546 e. The van der Waals surface area contributed by atoms with Crippen LogP contribution in [0.3, 0.4) is 0 Å². The molecule has 2 nitrogen and oxygen atoms in total. The molecule has 0 bridgehead atoms. The van der Waals surface area contributed by atoms with Crippen molar-refractivity contribution in [1.82, 2.24) is 4.98 Å². The molecule has 1 aromatic heterocycles. The standard InChI is InChI=1S/C49H42N2S/c1-49(2)44-17-11-10-16-40(44)42-31-46(41(30-45(42)49)35-14-8-5-9-15-35)51(38-23-18-34(19-24-38)33-12-6-4-7-13-33)39-25-20-37(21-26-39)48-43-32-50-29-28-36(43)22-27-47(48)52-3/h4-10,12-16,18-21,23-26,28-32H,11,17,22,27H2,1-3H3. The summed E-state index contributed by atoms with van der Waals surface area (Å²) in [4.78, 5) is 8.44. The lowest BCUT2D eigenvalue weighted by molar-refractivity contribution is 0.607. The van der Waals surface area contributed by atoms with Gasteiger partial charge in [-0.3, -0.25) is 4.98 Å². The lowest BCUT2D eigenvalue weighted by atomic mass is 9.78. The van der Waals surface area contributed by atoms with Gasteiger partial charge in [-0.15, -0.1) is 11.8 Å². The van der Waals surface area contributed by atoms with Gasteiger partial charge in [0.2, 0.25) is 0 Å². The van der Waals surface area contributed by atoms with Gasteiger partial charge in [0.1, 0.15) is 0 Å². The van der Waals surface area contributed by atoms with E-state index in [1.807, 2.05) is 18.0 Å². The largest absolute Gasteiger partial charge is 0.310 e. The van der Waals surface area contributed by atoms with Gasteiger partial charge in [0.15, 0.2) is 0 Å². The third kappa shape index (κ3) is 5.56. The van der Waals surface area contributed by atoms with E-state index in [-0.39, 0.29) is 5.41 Å². The second-order valence-electron chi connectivity index (χ2n) is 14.6. The van der Waals surface area contributed by atoms with Crippen LogP contribution in [0.1, 0.15) is 60.9 Å². The molecule has 0 amide bonds. The summed E-state index contributed by atoms with van der Waals surface area (Å²) in [6, 6.07) is 47.1. The van der Waals surface area contributed by atoms with E-state index in [0.29, 0.717) is 0 Å². The molecule has 3 heteroatoms. The number of aromatic nitrogens is 1. The summed E-state index contributed by atoms with van der Waals surface area (Å²) in [6.07, 6.45) is 15.3. The first-order valence-electron chi connectivity index (χ1n) is 18.4. The smallest absolute Gasteiger partial charge is 0.0546 e. The molecule has 0 aliphatic heterocycles. The molecule has 0 atom stereocenters. The molecule has 0 saturated carbocycles. The average molecular weight is 691 g/mol. The van der Waals surface area contributed by atoms with Crippen molar-refractivity contribution in [3.05, 3.63) is 190 Å². The summed E-state index contributed by atoms with van der Waals surface area (Å²) < 4.78 is 0. The van der Waals surface area contributed by atoms with Crippen molar-refractivity contribution < 1.29 is 0 Å². The highest BCUT2D eigenvalue weighted by atomic mass is 32.2. The summed E-state index contributed by atoms with van der Waals surface area (Å²) in [7, 11) is 0. The maximum atomic E-state index is 4.54. The Morgan fingerprint density at radius 2 is 1.29 bits per heavy atom. The topological polar surface area (TPSA) is 16.1 Å². The number of benzene rings is 5. The van der Waals surface area contributed by atoms with Crippen LogP contribution >= 0.6 is 11.8 Å². The van der Waals surface area contributed by atoms with Gasteiger partial charge < -0.3 is 4.90 Å². The summed E-state index contributed by atoms with van der Waals surface area (Å²) >= 11 is 1.87. The third-order valence-corrected chi connectivity index (χ3v) is 12.2. The van der Waals surface area contributed by atoms with Gasteiger partial charge >= 0.3 is 0 Å². The van der Waals surface area contributed by atoms with Crippen molar-refractivity contribution >= 4 is 40.0 Å². The van der Waals surface area contributed by atoms with Gasteiger partial charge in [0, 0.05) is 45.9 Å². The Bertz CT molecular complexity index is 2380. The highest BCUT2D eigenvalue weighted by molar-refractivity contribution is 8.02. The van der Waals surface area contributed by atoms with Gasteiger partial charge in [-0.05, 0) is 124 Å². The monoisotopic (exact) mass is 690 g/mol. The highest BCUT2D eigenvalue weighted by Gasteiger charge is 2.38. The number of allylic oxidation sites excluding steroid dienone is 5. The second-order valence-corrected chi connectivity index (χ2v) is 15.5. The van der Waals surface area contributed by atoms with E-state index in [0.717, 1.165) is 37.1 Å². The van der Waals surface area contributed by atoms with Crippen molar-refractivity contribution in [1.29, 1.82) is 0 Å². The lowest BCUT2D eigenvalue weighted by Crippen LogP contribution is -2.18. The summed E-state index contributed by atoms with van der Waals surface area (Å²) in [5.41, 5.74) is 19.3. The molecule has 0 radical (unpaired) electrons. The van der Waals surface area contributed by atoms with E-state index in [2.05, 4.69) is 176 Å². The predicted molar refractivity (Wildman–Crippen MR) is 222 cm³/mol. The fourth-order valence-electron chi connectivity index (χ4n) is 8.64. The molecule has 3 aliphatic rings. The van der Waals surface area contributed by atoms with Crippen LogP contribution in [0.4, 0.5) is 17.1 Å². The number of anilines is 3. The SMILES string of the molecule is CSC1=C(c2ccc(N(c3ccc(-c4ccccc4)cc3)c3cc4c(cc3-c3ccccc3)C(C)(C)C3=C4C=CCC3)cc2)c2cnccc2CC1. The van der Waals surface area contributed by atoms with E-state index in [1.165, 1.54) is 71.8 Å². The Morgan fingerprint density at radius 1 is 0.635 bits per heavy atom. The minimum absolute atomic E-state index is 0.0187. The van der Waals surface area contributed by atoms with Crippen LogP contribution in [0.25, 0.3) is 33.4 Å². The van der Waals surface area contributed by atoms with E-state index < -0.39 is 0 Å². The van der Waals surface area contributed by atoms with Crippen molar-refractivity contribution in [2.75, 3.05) is 11.2 Å². The first-order valence-corrected chi connectivity index (χ1v) is 19.6. The van der Waals surface area contributed by atoms with Crippen LogP contribution in [-0.4, -0.2) is 11.2 Å². The Hall–Kier alpha value is -5.38. The molecule has 1 heterocycles. The number of nitrogens with zero attached hydrogens (tertiary/aromatic N) is 2. The minimum atomic E-state index is -0.0187. The average Bonchev–Trinajstić information content (AvgIpc) is 3.43. The molecule has 5 aromatic carbocycles. The number of pyridine rings is 1.